The second-order valence-corrected chi connectivity index (χ2v) is 7.21. The number of sulfonamides is 1. The first-order valence-electron chi connectivity index (χ1n) is 5.65. The molecule has 6 nitrogen and oxygen atoms in total. The van der Waals surface area contributed by atoms with E-state index in [9.17, 15) is 13.2 Å². The minimum atomic E-state index is -3.27. The minimum absolute atomic E-state index is 0.0961. The summed E-state index contributed by atoms with van der Waals surface area (Å²) in [6, 6.07) is 0. The second-order valence-electron chi connectivity index (χ2n) is 4.91. The van der Waals surface area contributed by atoms with E-state index in [4.69, 9.17) is 5.73 Å². The van der Waals surface area contributed by atoms with Gasteiger partial charge in [-0.2, -0.15) is 0 Å². The van der Waals surface area contributed by atoms with Crippen molar-refractivity contribution in [3.8, 4) is 0 Å². The Morgan fingerprint density at radius 2 is 2.00 bits per heavy atom. The quantitative estimate of drug-likeness (QED) is 0.651. The van der Waals surface area contributed by atoms with Crippen LogP contribution in [0.4, 0.5) is 0 Å². The zero-order valence-corrected chi connectivity index (χ0v) is 11.4. The van der Waals surface area contributed by atoms with Crippen molar-refractivity contribution >= 4 is 15.9 Å². The fourth-order valence-corrected chi connectivity index (χ4v) is 2.26. The van der Waals surface area contributed by atoms with E-state index in [0.29, 0.717) is 0 Å². The minimum Gasteiger partial charge on any atom is -0.353 e. The Labute approximate surface area is 103 Å². The van der Waals surface area contributed by atoms with Gasteiger partial charge in [-0.3, -0.25) is 4.79 Å². The fourth-order valence-electron chi connectivity index (χ4n) is 1.53. The zero-order valence-electron chi connectivity index (χ0n) is 10.6. The molecule has 0 aromatic carbocycles. The largest absolute Gasteiger partial charge is 0.353 e. The van der Waals surface area contributed by atoms with Crippen molar-refractivity contribution in [2.45, 2.75) is 25.3 Å². The molecule has 7 heteroatoms. The molecule has 0 spiro atoms. The van der Waals surface area contributed by atoms with Crippen LogP contribution in [0.3, 0.4) is 0 Å². The Morgan fingerprint density at radius 1 is 1.47 bits per heavy atom. The highest BCUT2D eigenvalue weighted by atomic mass is 32.2. The van der Waals surface area contributed by atoms with Gasteiger partial charge in [0.25, 0.3) is 0 Å². The maximum Gasteiger partial charge on any atom is 0.240 e. The predicted octanol–water partition coefficient (Wildman–Crippen LogP) is -0.879. The van der Waals surface area contributed by atoms with Crippen LogP contribution in [-0.2, 0) is 14.8 Å². The summed E-state index contributed by atoms with van der Waals surface area (Å²) in [5.74, 6) is -0.145. The number of hydrogen-bond donors (Lipinski definition) is 2. The molecule has 1 rings (SSSR count). The molecule has 1 atom stereocenters. The molecule has 1 fully saturated rings. The van der Waals surface area contributed by atoms with E-state index < -0.39 is 15.6 Å². The summed E-state index contributed by atoms with van der Waals surface area (Å²) in [5.41, 5.74) is 5.03. The first-order chi connectivity index (χ1) is 7.68. The third-order valence-electron chi connectivity index (χ3n) is 3.12. The third kappa shape index (κ3) is 3.65. The van der Waals surface area contributed by atoms with Gasteiger partial charge in [0.2, 0.25) is 15.9 Å². The Hall–Kier alpha value is -0.660. The Kier molecular flexibility index (Phi) is 4.16. The third-order valence-corrected chi connectivity index (χ3v) is 4.95. The molecule has 0 heterocycles. The van der Waals surface area contributed by atoms with Crippen LogP contribution in [0.1, 0.15) is 19.8 Å². The lowest BCUT2D eigenvalue weighted by molar-refractivity contribution is -0.126. The van der Waals surface area contributed by atoms with Crippen LogP contribution < -0.4 is 11.1 Å². The molecule has 0 aliphatic heterocycles. The summed E-state index contributed by atoms with van der Waals surface area (Å²) in [5, 5.41) is 2.59. The number of carbonyl (C=O) groups is 1. The van der Waals surface area contributed by atoms with Gasteiger partial charge < -0.3 is 11.1 Å². The lowest BCUT2D eigenvalue weighted by Gasteiger charge is -2.23. The molecule has 3 N–H and O–H groups in total. The maximum atomic E-state index is 11.8. The van der Waals surface area contributed by atoms with Crippen molar-refractivity contribution in [1.82, 2.24) is 9.62 Å². The van der Waals surface area contributed by atoms with Crippen molar-refractivity contribution in [1.29, 1.82) is 0 Å². The summed E-state index contributed by atoms with van der Waals surface area (Å²) in [6.07, 6.45) is 1.94. The standard InChI is InChI=1S/C10H21N3O3S/c1-10(11,8-4-5-8)9(14)12-6-7-17(15,16)13(2)3/h8H,4-7,11H2,1-3H3,(H,12,14). The van der Waals surface area contributed by atoms with Gasteiger partial charge in [-0.1, -0.05) is 0 Å². The van der Waals surface area contributed by atoms with Crippen molar-refractivity contribution in [3.05, 3.63) is 0 Å². The zero-order chi connectivity index (χ0) is 13.3. The van der Waals surface area contributed by atoms with E-state index in [1.807, 2.05) is 0 Å². The first-order valence-corrected chi connectivity index (χ1v) is 7.26. The van der Waals surface area contributed by atoms with Gasteiger partial charge in [0.15, 0.2) is 0 Å². The second kappa shape index (κ2) is 4.91. The van der Waals surface area contributed by atoms with Crippen molar-refractivity contribution in [2.75, 3.05) is 26.4 Å². The molecule has 0 bridgehead atoms. The van der Waals surface area contributed by atoms with E-state index in [2.05, 4.69) is 5.32 Å². The fraction of sp³-hybridized carbons (Fsp3) is 0.900. The predicted molar refractivity (Wildman–Crippen MR) is 65.8 cm³/mol. The molecule has 0 saturated heterocycles. The number of hydrogen-bond acceptors (Lipinski definition) is 4. The highest BCUT2D eigenvalue weighted by molar-refractivity contribution is 7.89. The number of amides is 1. The van der Waals surface area contributed by atoms with Gasteiger partial charge in [-0.15, -0.1) is 0 Å². The SMILES string of the molecule is CN(C)S(=O)(=O)CCNC(=O)C(C)(N)C1CC1. The van der Waals surface area contributed by atoms with Crippen LogP contribution in [0.25, 0.3) is 0 Å². The molecule has 1 amide bonds. The van der Waals surface area contributed by atoms with Gasteiger partial charge in [0.1, 0.15) is 0 Å². The van der Waals surface area contributed by atoms with Gasteiger partial charge in [-0.25, -0.2) is 12.7 Å². The summed E-state index contributed by atoms with van der Waals surface area (Å²) in [7, 11) is -0.333. The molecular weight excluding hydrogens is 242 g/mol. The average Bonchev–Trinajstić information content (AvgIpc) is 2.99. The molecule has 1 saturated carbocycles. The summed E-state index contributed by atoms with van der Waals surface area (Å²) in [6.45, 7) is 1.79. The molecule has 17 heavy (non-hydrogen) atoms. The van der Waals surface area contributed by atoms with Crippen molar-refractivity contribution in [2.24, 2.45) is 11.7 Å². The molecule has 1 aliphatic carbocycles. The molecule has 0 aromatic heterocycles. The van der Waals surface area contributed by atoms with Crippen LogP contribution in [0.2, 0.25) is 0 Å². The van der Waals surface area contributed by atoms with Crippen LogP contribution in [0.15, 0.2) is 0 Å². The summed E-state index contributed by atoms with van der Waals surface area (Å²) >= 11 is 0. The Balaban J connectivity index is 2.39. The molecular formula is C10H21N3O3S. The van der Waals surface area contributed by atoms with Crippen LogP contribution in [0, 0.1) is 5.92 Å². The average molecular weight is 263 g/mol. The highest BCUT2D eigenvalue weighted by Gasteiger charge is 2.43. The van der Waals surface area contributed by atoms with Crippen molar-refractivity contribution in [3.63, 3.8) is 0 Å². The number of rotatable bonds is 6. The number of nitrogens with zero attached hydrogens (tertiary/aromatic N) is 1. The lowest BCUT2D eigenvalue weighted by atomic mass is 9.96. The molecule has 1 unspecified atom stereocenters. The van der Waals surface area contributed by atoms with Gasteiger partial charge in [-0.05, 0) is 25.7 Å². The first kappa shape index (κ1) is 14.4. The maximum absolute atomic E-state index is 11.8. The Morgan fingerprint density at radius 3 is 2.41 bits per heavy atom. The number of nitrogens with two attached hydrogens (primary N) is 1. The van der Waals surface area contributed by atoms with Gasteiger partial charge in [0.05, 0.1) is 11.3 Å². The van der Waals surface area contributed by atoms with E-state index in [1.54, 1.807) is 6.92 Å². The van der Waals surface area contributed by atoms with Crippen LogP contribution in [0.5, 0.6) is 0 Å². The van der Waals surface area contributed by atoms with E-state index in [0.717, 1.165) is 17.1 Å². The topological polar surface area (TPSA) is 92.5 Å². The highest BCUT2D eigenvalue weighted by Crippen LogP contribution is 2.37. The number of carbonyl (C=O) groups excluding carboxylic acids is 1. The van der Waals surface area contributed by atoms with Crippen LogP contribution in [-0.4, -0.2) is 50.6 Å². The van der Waals surface area contributed by atoms with Crippen molar-refractivity contribution < 1.29 is 13.2 Å². The number of nitrogens with one attached hydrogen (secondary N) is 1. The molecule has 100 valence electrons. The monoisotopic (exact) mass is 263 g/mol. The Bertz CT molecular complexity index is 386. The molecule has 0 aromatic rings. The van der Waals surface area contributed by atoms with E-state index >= 15 is 0 Å². The summed E-state index contributed by atoms with van der Waals surface area (Å²) in [4.78, 5) is 11.8. The van der Waals surface area contributed by atoms with Gasteiger partial charge in [0, 0.05) is 20.6 Å². The van der Waals surface area contributed by atoms with E-state index in [-0.39, 0.29) is 24.1 Å². The molecule has 0 radical (unpaired) electrons. The summed E-state index contributed by atoms with van der Waals surface area (Å²) < 4.78 is 24.0. The van der Waals surface area contributed by atoms with Gasteiger partial charge >= 0.3 is 0 Å². The normalized spacial score (nSPS) is 20.1. The smallest absolute Gasteiger partial charge is 0.240 e. The molecule has 1 aliphatic rings. The van der Waals surface area contributed by atoms with E-state index in [1.165, 1.54) is 14.1 Å². The van der Waals surface area contributed by atoms with Crippen LogP contribution >= 0.6 is 0 Å². The lowest BCUT2D eigenvalue weighted by Crippen LogP contribution is -2.54.